The van der Waals surface area contributed by atoms with Crippen LogP contribution in [0.3, 0.4) is 0 Å². The number of rotatable bonds is 12. The molecular formula is C35H32F2N8O5. The predicted molar refractivity (Wildman–Crippen MR) is 180 cm³/mol. The van der Waals surface area contributed by atoms with E-state index in [2.05, 4.69) is 15.2 Å². The van der Waals surface area contributed by atoms with Crippen LogP contribution in [0, 0.1) is 45.7 Å². The van der Waals surface area contributed by atoms with E-state index in [9.17, 15) is 29.7 Å². The Labute approximate surface area is 284 Å². The van der Waals surface area contributed by atoms with Crippen molar-refractivity contribution in [3.05, 3.63) is 151 Å². The van der Waals surface area contributed by atoms with Gasteiger partial charge in [0.15, 0.2) is 0 Å². The van der Waals surface area contributed by atoms with Crippen LogP contribution in [-0.2, 0) is 25.2 Å². The molecule has 50 heavy (non-hydrogen) atoms. The number of halogens is 2. The minimum atomic E-state index is -1.94. The minimum absolute atomic E-state index is 0.0184. The van der Waals surface area contributed by atoms with E-state index in [1.165, 1.54) is 40.2 Å². The zero-order valence-electron chi connectivity index (χ0n) is 27.3. The number of aryl methyl sites for hydroxylation is 2. The van der Waals surface area contributed by atoms with Crippen LogP contribution in [0.4, 0.5) is 25.8 Å². The van der Waals surface area contributed by atoms with Crippen molar-refractivity contribution in [2.24, 2.45) is 0 Å². The summed E-state index contributed by atoms with van der Waals surface area (Å²) in [6.45, 7) is 5.25. The Morgan fingerprint density at radius 1 is 0.900 bits per heavy atom. The Balaban J connectivity index is 1.39. The maximum atomic E-state index is 15.2. The molecule has 0 aliphatic rings. The van der Waals surface area contributed by atoms with Crippen LogP contribution in [0.1, 0.15) is 40.8 Å². The summed E-state index contributed by atoms with van der Waals surface area (Å²) < 4.78 is 31.9. The van der Waals surface area contributed by atoms with Gasteiger partial charge in [-0.25, -0.2) is 18.4 Å². The molecule has 0 unspecified atom stereocenters. The molecule has 2 heterocycles. The minimum Gasteiger partial charge on any atom is -0.381 e. The van der Waals surface area contributed by atoms with E-state index in [-0.39, 0.29) is 36.6 Å². The van der Waals surface area contributed by atoms with Crippen molar-refractivity contribution in [2.75, 3.05) is 4.90 Å². The summed E-state index contributed by atoms with van der Waals surface area (Å²) in [5, 5.41) is 44.9. The topological polar surface area (TPSA) is 158 Å². The second kappa shape index (κ2) is 13.4. The monoisotopic (exact) mass is 682 g/mol. The molecule has 0 aliphatic heterocycles. The Bertz CT molecular complexity index is 2160. The number of nitrogens with zero attached hydrogens (tertiary/aromatic N) is 8. The summed E-state index contributed by atoms with van der Waals surface area (Å²) in [4.78, 5) is 28.4. The molecule has 0 aliphatic carbocycles. The molecule has 13 nitrogen and oxygen atoms in total. The number of fused-ring (bicyclic) bond motifs is 1. The molecule has 0 radical (unpaired) electrons. The molecule has 6 aromatic rings. The van der Waals surface area contributed by atoms with E-state index in [1.54, 1.807) is 57.3 Å². The highest BCUT2D eigenvalue weighted by Gasteiger charge is 2.41. The van der Waals surface area contributed by atoms with Gasteiger partial charge in [-0.3, -0.25) is 24.9 Å². The van der Waals surface area contributed by atoms with Crippen molar-refractivity contribution >= 4 is 28.0 Å². The van der Waals surface area contributed by atoms with E-state index in [4.69, 9.17) is 0 Å². The van der Waals surface area contributed by atoms with Crippen LogP contribution < -0.4 is 4.90 Å². The van der Waals surface area contributed by atoms with Crippen LogP contribution in [-0.4, -0.2) is 39.5 Å². The first-order valence-electron chi connectivity index (χ1n) is 15.5. The number of nitro benzene ring substituents is 2. The van der Waals surface area contributed by atoms with Crippen molar-refractivity contribution in [1.29, 1.82) is 0 Å². The smallest absolute Gasteiger partial charge is 0.272 e. The van der Waals surface area contributed by atoms with Crippen molar-refractivity contribution < 1.29 is 23.7 Å². The lowest BCUT2D eigenvalue weighted by Gasteiger charge is -2.34. The Morgan fingerprint density at radius 3 is 2.10 bits per heavy atom. The SMILES string of the molecule is Cc1ccc(CN(Cc2ccc(C)c([N+](=O)[O-])c2)c2ccc3nn([C@H](C)[C@](O)(Cn4cncn4)c4ccc(F)cc4F)cc3c2)cc1[N+](=O)[O-]. The highest BCUT2D eigenvalue weighted by atomic mass is 19.1. The van der Waals surface area contributed by atoms with Gasteiger partial charge in [0.25, 0.3) is 11.4 Å². The summed E-state index contributed by atoms with van der Waals surface area (Å²) in [6, 6.07) is 17.5. The average Bonchev–Trinajstić information content (AvgIpc) is 3.75. The van der Waals surface area contributed by atoms with Gasteiger partial charge in [-0.05, 0) is 56.2 Å². The molecule has 0 amide bonds. The molecule has 2 aromatic heterocycles. The van der Waals surface area contributed by atoms with E-state index in [0.717, 1.165) is 6.07 Å². The molecule has 256 valence electrons. The molecule has 4 aromatic carbocycles. The second-order valence-electron chi connectivity index (χ2n) is 12.3. The van der Waals surface area contributed by atoms with E-state index in [0.29, 0.717) is 44.9 Å². The molecular weight excluding hydrogens is 650 g/mol. The standard InChI is InChI=1S/C35H32F2N8O5/c1-22-4-6-25(12-33(22)44(47)48)16-41(17-26-7-5-23(2)34(13-26)45(49)50)29-9-11-32-27(14-29)18-43(40-32)24(3)35(46,19-42-21-38-20-39-42)30-10-8-28(36)15-31(30)37/h4-15,18,20-21,24,46H,16-17,19H2,1-3H3/t24-,35-/m1/s1. The van der Waals surface area contributed by atoms with Gasteiger partial charge in [-0.15, -0.1) is 0 Å². The lowest BCUT2D eigenvalue weighted by Crippen LogP contribution is -2.40. The largest absolute Gasteiger partial charge is 0.381 e. The van der Waals surface area contributed by atoms with Crippen molar-refractivity contribution in [1.82, 2.24) is 24.5 Å². The quantitative estimate of drug-likeness (QED) is 0.110. The number of hydrogen-bond acceptors (Lipinski definition) is 9. The summed E-state index contributed by atoms with van der Waals surface area (Å²) >= 11 is 0. The second-order valence-corrected chi connectivity index (χ2v) is 12.3. The van der Waals surface area contributed by atoms with Crippen LogP contribution in [0.15, 0.2) is 91.6 Å². The lowest BCUT2D eigenvalue weighted by molar-refractivity contribution is -0.385. The predicted octanol–water partition coefficient (Wildman–Crippen LogP) is 6.70. The summed E-state index contributed by atoms with van der Waals surface area (Å²) in [6.07, 6.45) is 4.36. The van der Waals surface area contributed by atoms with Crippen LogP contribution in [0.2, 0.25) is 0 Å². The number of anilines is 1. The van der Waals surface area contributed by atoms with Gasteiger partial charge in [-0.2, -0.15) is 10.2 Å². The lowest BCUT2D eigenvalue weighted by atomic mass is 9.86. The number of nitro groups is 2. The maximum Gasteiger partial charge on any atom is 0.272 e. The zero-order valence-corrected chi connectivity index (χ0v) is 27.3. The van der Waals surface area contributed by atoms with E-state index in [1.807, 2.05) is 17.0 Å². The third kappa shape index (κ3) is 6.75. The fourth-order valence-corrected chi connectivity index (χ4v) is 6.07. The van der Waals surface area contributed by atoms with Gasteiger partial charge in [0, 0.05) is 65.2 Å². The molecule has 2 atom stereocenters. The van der Waals surface area contributed by atoms with Gasteiger partial charge >= 0.3 is 0 Å². The molecule has 0 fully saturated rings. The third-order valence-corrected chi connectivity index (χ3v) is 8.91. The first kappa shape index (κ1) is 33.8. The summed E-state index contributed by atoms with van der Waals surface area (Å²) in [7, 11) is 0. The van der Waals surface area contributed by atoms with Gasteiger partial charge in [0.2, 0.25) is 0 Å². The number of aliphatic hydroxyl groups is 1. The molecule has 0 saturated carbocycles. The first-order chi connectivity index (χ1) is 23.8. The number of hydrogen-bond donors (Lipinski definition) is 1. The van der Waals surface area contributed by atoms with Crippen LogP contribution >= 0.6 is 0 Å². The third-order valence-electron chi connectivity index (χ3n) is 8.91. The van der Waals surface area contributed by atoms with Gasteiger partial charge < -0.3 is 10.0 Å². The maximum absolute atomic E-state index is 15.2. The Morgan fingerprint density at radius 2 is 1.54 bits per heavy atom. The number of aromatic nitrogens is 5. The van der Waals surface area contributed by atoms with Crippen molar-refractivity contribution in [3.8, 4) is 0 Å². The zero-order chi connectivity index (χ0) is 35.7. The Kier molecular flexibility index (Phi) is 9.08. The molecule has 1 N–H and O–H groups in total. The normalized spacial score (nSPS) is 13.2. The van der Waals surface area contributed by atoms with E-state index >= 15 is 4.39 Å². The van der Waals surface area contributed by atoms with E-state index < -0.39 is 33.1 Å². The summed E-state index contributed by atoms with van der Waals surface area (Å²) in [5.41, 5.74) is 1.48. The van der Waals surface area contributed by atoms with Crippen molar-refractivity contribution in [3.63, 3.8) is 0 Å². The fourth-order valence-electron chi connectivity index (χ4n) is 6.07. The van der Waals surface area contributed by atoms with Crippen LogP contribution in [0.5, 0.6) is 0 Å². The molecule has 0 bridgehead atoms. The highest BCUT2D eigenvalue weighted by molar-refractivity contribution is 5.82. The highest BCUT2D eigenvalue weighted by Crippen LogP contribution is 2.38. The van der Waals surface area contributed by atoms with Crippen molar-refractivity contribution in [2.45, 2.75) is 52.0 Å². The molecule has 15 heteroatoms. The number of benzene rings is 4. The molecule has 0 saturated heterocycles. The molecule has 6 rings (SSSR count). The summed E-state index contributed by atoms with van der Waals surface area (Å²) in [5.74, 6) is -1.72. The van der Waals surface area contributed by atoms with Gasteiger partial charge in [-0.1, -0.05) is 30.3 Å². The fraction of sp³-hybridized carbons (Fsp3) is 0.229. The molecule has 0 spiro atoms. The van der Waals surface area contributed by atoms with Crippen LogP contribution in [0.25, 0.3) is 10.9 Å². The Hall–Kier alpha value is -6.09. The average molecular weight is 683 g/mol. The van der Waals surface area contributed by atoms with Gasteiger partial charge in [0.1, 0.15) is 29.9 Å². The van der Waals surface area contributed by atoms with Gasteiger partial charge in [0.05, 0.1) is 27.9 Å². The first-order valence-corrected chi connectivity index (χ1v) is 15.5.